The van der Waals surface area contributed by atoms with E-state index in [1.165, 1.54) is 0 Å². The molecule has 0 radical (unpaired) electrons. The third-order valence-corrected chi connectivity index (χ3v) is 1.85. The summed E-state index contributed by atoms with van der Waals surface area (Å²) in [5.41, 5.74) is 10.6. The highest BCUT2D eigenvalue weighted by atomic mass is 16.1. The maximum absolute atomic E-state index is 10.7. The number of hydrogen-bond donors (Lipinski definition) is 3. The largest absolute Gasteiger partial charge is 0.369 e. The summed E-state index contributed by atoms with van der Waals surface area (Å²) in [6.45, 7) is 1.48. The van der Waals surface area contributed by atoms with Crippen LogP contribution in [0.5, 0.6) is 0 Å². The quantitative estimate of drug-likeness (QED) is 0.559. The van der Waals surface area contributed by atoms with Crippen molar-refractivity contribution in [2.45, 2.75) is 12.8 Å². The Bertz CT molecular complexity index is 311. The van der Waals surface area contributed by atoms with Crippen molar-refractivity contribution >= 4 is 11.7 Å². The number of nitrogens with one attached hydrogen (secondary N) is 1. The number of aromatic nitrogens is 2. The summed E-state index contributed by atoms with van der Waals surface area (Å²) >= 11 is 0. The second-order valence-electron chi connectivity index (χ2n) is 3.09. The number of carbonyl (C=O) groups is 1. The Balaban J connectivity index is 2.39. The van der Waals surface area contributed by atoms with Gasteiger partial charge in [-0.2, -0.15) is 0 Å². The SMILES string of the molecule is NCCCCNc1ccc(C(N)=O)nn1. The van der Waals surface area contributed by atoms with Crippen LogP contribution in [-0.2, 0) is 0 Å². The molecule has 0 bridgehead atoms. The molecule has 0 aliphatic rings. The lowest BCUT2D eigenvalue weighted by Gasteiger charge is -2.03. The van der Waals surface area contributed by atoms with E-state index in [1.54, 1.807) is 12.1 Å². The molecule has 0 spiro atoms. The molecule has 0 aliphatic carbocycles. The average Bonchev–Trinajstić information content (AvgIpc) is 2.25. The van der Waals surface area contributed by atoms with Crippen LogP contribution in [0.4, 0.5) is 5.82 Å². The topological polar surface area (TPSA) is 107 Å². The van der Waals surface area contributed by atoms with E-state index < -0.39 is 5.91 Å². The minimum atomic E-state index is -0.572. The maximum Gasteiger partial charge on any atom is 0.269 e. The van der Waals surface area contributed by atoms with E-state index in [2.05, 4.69) is 15.5 Å². The van der Waals surface area contributed by atoms with E-state index in [1.807, 2.05) is 0 Å². The number of rotatable bonds is 6. The third-order valence-electron chi connectivity index (χ3n) is 1.85. The van der Waals surface area contributed by atoms with Gasteiger partial charge < -0.3 is 16.8 Å². The number of primary amides is 1. The molecule has 6 nitrogen and oxygen atoms in total. The lowest BCUT2D eigenvalue weighted by molar-refractivity contribution is 0.0994. The summed E-state index contributed by atoms with van der Waals surface area (Å²) in [4.78, 5) is 10.7. The Morgan fingerprint density at radius 2 is 2.13 bits per heavy atom. The highest BCUT2D eigenvalue weighted by Gasteiger charge is 2.01. The van der Waals surface area contributed by atoms with Crippen LogP contribution in [0.3, 0.4) is 0 Å². The fraction of sp³-hybridized carbons (Fsp3) is 0.444. The van der Waals surface area contributed by atoms with Gasteiger partial charge in [0.25, 0.3) is 5.91 Å². The first kappa shape index (κ1) is 11.4. The van der Waals surface area contributed by atoms with Gasteiger partial charge in [-0.25, -0.2) is 0 Å². The van der Waals surface area contributed by atoms with E-state index in [0.29, 0.717) is 12.4 Å². The molecule has 0 fully saturated rings. The Labute approximate surface area is 88.1 Å². The zero-order valence-electron chi connectivity index (χ0n) is 8.44. The third kappa shape index (κ3) is 3.90. The Kier molecular flexibility index (Phi) is 4.49. The highest BCUT2D eigenvalue weighted by Crippen LogP contribution is 2.01. The minimum Gasteiger partial charge on any atom is -0.369 e. The summed E-state index contributed by atoms with van der Waals surface area (Å²) in [5.74, 6) is 0.0641. The van der Waals surface area contributed by atoms with E-state index >= 15 is 0 Å². The average molecular weight is 209 g/mol. The van der Waals surface area contributed by atoms with Crippen molar-refractivity contribution < 1.29 is 4.79 Å². The Morgan fingerprint density at radius 1 is 1.33 bits per heavy atom. The summed E-state index contributed by atoms with van der Waals surface area (Å²) in [5, 5.41) is 10.5. The molecule has 0 saturated carbocycles. The number of hydrogen-bond acceptors (Lipinski definition) is 5. The van der Waals surface area contributed by atoms with Crippen LogP contribution in [0.25, 0.3) is 0 Å². The van der Waals surface area contributed by atoms with E-state index in [4.69, 9.17) is 11.5 Å². The van der Waals surface area contributed by atoms with Gasteiger partial charge >= 0.3 is 0 Å². The summed E-state index contributed by atoms with van der Waals surface area (Å²) in [7, 11) is 0. The van der Waals surface area contributed by atoms with E-state index in [-0.39, 0.29) is 5.69 Å². The number of unbranched alkanes of at least 4 members (excludes halogenated alkanes) is 1. The fourth-order valence-corrected chi connectivity index (χ4v) is 1.04. The summed E-state index contributed by atoms with van der Waals surface area (Å²) < 4.78 is 0. The van der Waals surface area contributed by atoms with Crippen molar-refractivity contribution in [1.82, 2.24) is 10.2 Å². The zero-order chi connectivity index (χ0) is 11.1. The second kappa shape index (κ2) is 5.92. The predicted octanol–water partition coefficient (Wildman–Crippen LogP) is -0.274. The van der Waals surface area contributed by atoms with Crippen LogP contribution in [0, 0.1) is 0 Å². The van der Waals surface area contributed by atoms with Gasteiger partial charge in [-0.15, -0.1) is 10.2 Å². The van der Waals surface area contributed by atoms with Gasteiger partial charge in [-0.3, -0.25) is 4.79 Å². The van der Waals surface area contributed by atoms with Crippen molar-refractivity contribution in [2.75, 3.05) is 18.4 Å². The lowest BCUT2D eigenvalue weighted by atomic mass is 10.3. The molecule has 1 amide bonds. The van der Waals surface area contributed by atoms with Gasteiger partial charge in [-0.1, -0.05) is 0 Å². The van der Waals surface area contributed by atoms with E-state index in [0.717, 1.165) is 19.4 Å². The van der Waals surface area contributed by atoms with Gasteiger partial charge in [0.15, 0.2) is 5.69 Å². The Morgan fingerprint density at radius 3 is 2.67 bits per heavy atom. The normalized spacial score (nSPS) is 9.93. The smallest absolute Gasteiger partial charge is 0.269 e. The monoisotopic (exact) mass is 209 g/mol. The van der Waals surface area contributed by atoms with Gasteiger partial charge in [0.05, 0.1) is 0 Å². The van der Waals surface area contributed by atoms with Crippen molar-refractivity contribution in [2.24, 2.45) is 11.5 Å². The summed E-state index contributed by atoms with van der Waals surface area (Å²) in [6.07, 6.45) is 1.95. The number of nitrogens with two attached hydrogens (primary N) is 2. The molecule has 0 atom stereocenters. The molecule has 5 N–H and O–H groups in total. The van der Waals surface area contributed by atoms with Crippen LogP contribution >= 0.6 is 0 Å². The fourth-order valence-electron chi connectivity index (χ4n) is 1.04. The first-order valence-electron chi connectivity index (χ1n) is 4.81. The standard InChI is InChI=1S/C9H15N5O/c10-5-1-2-6-12-8-4-3-7(9(11)15)13-14-8/h3-4H,1-2,5-6,10H2,(H2,11,15)(H,12,14). The van der Waals surface area contributed by atoms with Crippen molar-refractivity contribution in [3.05, 3.63) is 17.8 Å². The Hall–Kier alpha value is -1.69. The van der Waals surface area contributed by atoms with Gasteiger partial charge in [0.1, 0.15) is 5.82 Å². The molecule has 1 aromatic rings. The zero-order valence-corrected chi connectivity index (χ0v) is 8.44. The molecule has 6 heteroatoms. The molecule has 1 heterocycles. The van der Waals surface area contributed by atoms with E-state index in [9.17, 15) is 4.79 Å². The highest BCUT2D eigenvalue weighted by molar-refractivity contribution is 5.90. The maximum atomic E-state index is 10.7. The number of carbonyl (C=O) groups excluding carboxylic acids is 1. The number of anilines is 1. The molecule has 0 unspecified atom stereocenters. The molecule has 82 valence electrons. The van der Waals surface area contributed by atoms with Gasteiger partial charge in [0.2, 0.25) is 0 Å². The molecule has 0 aliphatic heterocycles. The van der Waals surface area contributed by atoms with Crippen LogP contribution in [0.15, 0.2) is 12.1 Å². The lowest BCUT2D eigenvalue weighted by Crippen LogP contribution is -2.14. The first-order chi connectivity index (χ1) is 7.24. The van der Waals surface area contributed by atoms with Crippen molar-refractivity contribution in [3.8, 4) is 0 Å². The molecule has 15 heavy (non-hydrogen) atoms. The van der Waals surface area contributed by atoms with Crippen molar-refractivity contribution in [3.63, 3.8) is 0 Å². The van der Waals surface area contributed by atoms with Crippen LogP contribution in [0.2, 0.25) is 0 Å². The molecule has 1 aromatic heterocycles. The first-order valence-corrected chi connectivity index (χ1v) is 4.81. The summed E-state index contributed by atoms with van der Waals surface area (Å²) in [6, 6.07) is 3.22. The van der Waals surface area contributed by atoms with Crippen LogP contribution < -0.4 is 16.8 Å². The molecule has 0 aromatic carbocycles. The molecular formula is C9H15N5O. The molecule has 1 rings (SSSR count). The van der Waals surface area contributed by atoms with Crippen molar-refractivity contribution in [1.29, 1.82) is 0 Å². The molecular weight excluding hydrogens is 194 g/mol. The van der Waals surface area contributed by atoms with Crippen LogP contribution in [-0.4, -0.2) is 29.2 Å². The number of nitrogens with zero attached hydrogens (tertiary/aromatic N) is 2. The molecule has 0 saturated heterocycles. The predicted molar refractivity (Wildman–Crippen MR) is 57.3 cm³/mol. The minimum absolute atomic E-state index is 0.169. The number of amides is 1. The van der Waals surface area contributed by atoms with Crippen LogP contribution in [0.1, 0.15) is 23.3 Å². The van der Waals surface area contributed by atoms with Gasteiger partial charge in [0, 0.05) is 6.54 Å². The van der Waals surface area contributed by atoms with Gasteiger partial charge in [-0.05, 0) is 31.5 Å². The second-order valence-corrected chi connectivity index (χ2v) is 3.09.